The molecule has 1 unspecified atom stereocenters. The molecule has 0 saturated heterocycles. The Morgan fingerprint density at radius 3 is 1.70 bits per heavy atom. The van der Waals surface area contributed by atoms with Crippen LogP contribution in [0.1, 0.15) is 57.4 Å². The van der Waals surface area contributed by atoms with E-state index in [0.29, 0.717) is 13.2 Å². The Bertz CT molecular complexity index is 579. The van der Waals surface area contributed by atoms with Gasteiger partial charge >= 0.3 is 5.97 Å². The lowest BCUT2D eigenvalue weighted by Gasteiger charge is -2.25. The van der Waals surface area contributed by atoms with Gasteiger partial charge in [0.15, 0.2) is 0 Å². The summed E-state index contributed by atoms with van der Waals surface area (Å²) in [7, 11) is 0. The van der Waals surface area contributed by atoms with Crippen LogP contribution in [0.15, 0.2) is 30.3 Å². The number of rotatable bonds is 21. The first-order valence-corrected chi connectivity index (χ1v) is 12.9. The topological polar surface area (TPSA) is 111 Å². The molecule has 0 aromatic heterocycles. The van der Waals surface area contributed by atoms with Crippen molar-refractivity contribution in [2.24, 2.45) is 23.1 Å². The van der Waals surface area contributed by atoms with Crippen LogP contribution in [-0.2, 0) is 16.1 Å². The third-order valence-electron chi connectivity index (χ3n) is 5.97. The molecule has 33 heavy (non-hydrogen) atoms. The molecule has 190 valence electrons. The first-order chi connectivity index (χ1) is 16.1. The number of hydrogen-bond acceptors (Lipinski definition) is 7. The summed E-state index contributed by atoms with van der Waals surface area (Å²) >= 11 is 0. The zero-order valence-electron chi connectivity index (χ0n) is 20.9. The van der Waals surface area contributed by atoms with E-state index in [9.17, 15) is 4.79 Å². The first kappa shape index (κ1) is 29.5. The lowest BCUT2D eigenvalue weighted by atomic mass is 10.1. The molecular weight excluding hydrogens is 414 g/mol. The monoisotopic (exact) mass is 463 g/mol. The molecule has 0 spiro atoms. The van der Waals surface area contributed by atoms with Crippen molar-refractivity contribution in [1.82, 2.24) is 9.80 Å². The van der Waals surface area contributed by atoms with Gasteiger partial charge in [-0.2, -0.15) is 0 Å². The van der Waals surface area contributed by atoms with Crippen molar-refractivity contribution in [3.05, 3.63) is 35.9 Å². The number of unbranched alkanes of at least 4 members (excludes halogenated alkanes) is 1. The third kappa shape index (κ3) is 15.1. The number of carbonyl (C=O) groups excluding carboxylic acids is 1. The Labute approximate surface area is 202 Å². The van der Waals surface area contributed by atoms with Crippen molar-refractivity contribution >= 4 is 5.97 Å². The minimum atomic E-state index is -0.109. The van der Waals surface area contributed by atoms with E-state index in [0.717, 1.165) is 90.0 Å². The van der Waals surface area contributed by atoms with E-state index in [2.05, 4.69) is 9.80 Å². The van der Waals surface area contributed by atoms with Gasteiger partial charge in [0.1, 0.15) is 6.61 Å². The summed E-state index contributed by atoms with van der Waals surface area (Å²) in [4.78, 5) is 17.3. The summed E-state index contributed by atoms with van der Waals surface area (Å²) in [6.07, 6.45) is 7.27. The van der Waals surface area contributed by atoms with Crippen LogP contribution in [0.2, 0.25) is 0 Å². The van der Waals surface area contributed by atoms with Gasteiger partial charge in [-0.3, -0.25) is 4.79 Å². The molecule has 0 bridgehead atoms. The average Bonchev–Trinajstić information content (AvgIpc) is 2.84. The Morgan fingerprint density at radius 1 is 0.758 bits per heavy atom. The second-order valence-electron chi connectivity index (χ2n) is 8.95. The summed E-state index contributed by atoms with van der Waals surface area (Å²) < 4.78 is 5.48. The lowest BCUT2D eigenvalue weighted by Crippen LogP contribution is -2.32. The molecule has 0 saturated carbocycles. The van der Waals surface area contributed by atoms with Crippen molar-refractivity contribution in [3.8, 4) is 0 Å². The third-order valence-corrected chi connectivity index (χ3v) is 5.97. The van der Waals surface area contributed by atoms with Crippen LogP contribution in [0.5, 0.6) is 0 Å². The normalized spacial score (nSPS) is 12.4. The smallest absolute Gasteiger partial charge is 0.308 e. The molecule has 7 nitrogen and oxygen atoms in total. The number of ether oxygens (including phenoxy) is 1. The van der Waals surface area contributed by atoms with Crippen LogP contribution in [0.3, 0.4) is 0 Å². The van der Waals surface area contributed by atoms with E-state index in [1.165, 1.54) is 12.8 Å². The lowest BCUT2D eigenvalue weighted by molar-refractivity contribution is -0.149. The molecule has 0 heterocycles. The Balaban J connectivity index is 2.29. The number of benzene rings is 1. The minimum absolute atomic E-state index is 0.0799. The number of carbonyl (C=O) groups is 1. The highest BCUT2D eigenvalue weighted by Gasteiger charge is 2.15. The number of nitrogens with two attached hydrogens (primary N) is 3. The fourth-order valence-electron chi connectivity index (χ4n) is 3.90. The number of esters is 1. The van der Waals surface area contributed by atoms with E-state index < -0.39 is 0 Å². The molecule has 0 aliphatic heterocycles. The average molecular weight is 464 g/mol. The zero-order valence-corrected chi connectivity index (χ0v) is 20.9. The SMILES string of the molecule is CC(CCCN(CCCN)CCCCN(CCCN)CCCN)C(=O)OCc1ccccc1. The molecule has 0 aliphatic carbocycles. The van der Waals surface area contributed by atoms with Crippen molar-refractivity contribution in [2.75, 3.05) is 58.9 Å². The minimum Gasteiger partial charge on any atom is -0.461 e. The molecule has 1 atom stereocenters. The van der Waals surface area contributed by atoms with Crippen LogP contribution < -0.4 is 17.2 Å². The molecule has 1 aromatic carbocycles. The van der Waals surface area contributed by atoms with Gasteiger partial charge in [-0.05, 0) is 109 Å². The van der Waals surface area contributed by atoms with Crippen LogP contribution in [0.25, 0.3) is 0 Å². The van der Waals surface area contributed by atoms with Gasteiger partial charge in [0.25, 0.3) is 0 Å². The van der Waals surface area contributed by atoms with E-state index in [1.54, 1.807) is 0 Å². The summed E-state index contributed by atoms with van der Waals surface area (Å²) in [5.41, 5.74) is 18.1. The van der Waals surface area contributed by atoms with Crippen LogP contribution in [-0.4, -0.2) is 74.7 Å². The predicted molar refractivity (Wildman–Crippen MR) is 138 cm³/mol. The van der Waals surface area contributed by atoms with Gasteiger partial charge in [-0.25, -0.2) is 0 Å². The second-order valence-corrected chi connectivity index (χ2v) is 8.95. The van der Waals surface area contributed by atoms with Gasteiger partial charge in [0, 0.05) is 0 Å². The van der Waals surface area contributed by atoms with E-state index in [-0.39, 0.29) is 11.9 Å². The Morgan fingerprint density at radius 2 is 1.21 bits per heavy atom. The van der Waals surface area contributed by atoms with Gasteiger partial charge in [0.2, 0.25) is 0 Å². The summed E-state index contributed by atoms with van der Waals surface area (Å²) in [5.74, 6) is -0.189. The van der Waals surface area contributed by atoms with Gasteiger partial charge in [-0.15, -0.1) is 0 Å². The van der Waals surface area contributed by atoms with Crippen LogP contribution in [0, 0.1) is 5.92 Å². The zero-order chi connectivity index (χ0) is 24.2. The standard InChI is InChI=1S/C26H49N5O2/c1-24(26(32)33-23-25-12-3-2-4-13-25)11-7-19-30(20-8-14-27)17-5-6-18-31(21-9-15-28)22-10-16-29/h2-4,12-13,24H,5-11,14-23,27-29H2,1H3. The van der Waals surface area contributed by atoms with Crippen molar-refractivity contribution in [1.29, 1.82) is 0 Å². The molecular formula is C26H49N5O2. The van der Waals surface area contributed by atoms with E-state index >= 15 is 0 Å². The quantitative estimate of drug-likeness (QED) is 0.190. The van der Waals surface area contributed by atoms with Crippen LogP contribution in [0.4, 0.5) is 0 Å². The summed E-state index contributed by atoms with van der Waals surface area (Å²) in [6.45, 7) is 10.8. The van der Waals surface area contributed by atoms with Crippen molar-refractivity contribution in [2.45, 2.75) is 58.5 Å². The van der Waals surface area contributed by atoms with E-state index in [4.69, 9.17) is 21.9 Å². The van der Waals surface area contributed by atoms with Crippen LogP contribution >= 0.6 is 0 Å². The molecule has 7 heteroatoms. The fraction of sp³-hybridized carbons (Fsp3) is 0.731. The molecule has 0 radical (unpaired) electrons. The number of nitrogens with zero attached hydrogens (tertiary/aromatic N) is 2. The van der Waals surface area contributed by atoms with Gasteiger partial charge < -0.3 is 31.7 Å². The molecule has 1 rings (SSSR count). The molecule has 6 N–H and O–H groups in total. The molecule has 0 fully saturated rings. The predicted octanol–water partition coefficient (Wildman–Crippen LogP) is 2.58. The molecule has 0 aliphatic rings. The molecule has 0 amide bonds. The first-order valence-electron chi connectivity index (χ1n) is 12.9. The largest absolute Gasteiger partial charge is 0.461 e. The van der Waals surface area contributed by atoms with E-state index in [1.807, 2.05) is 37.3 Å². The Hall–Kier alpha value is -1.51. The maximum Gasteiger partial charge on any atom is 0.308 e. The number of hydrogen-bond donors (Lipinski definition) is 3. The van der Waals surface area contributed by atoms with Crippen molar-refractivity contribution < 1.29 is 9.53 Å². The molecule has 1 aromatic rings. The highest BCUT2D eigenvalue weighted by atomic mass is 16.5. The maximum atomic E-state index is 12.3. The van der Waals surface area contributed by atoms with Gasteiger partial charge in [-0.1, -0.05) is 37.3 Å². The second kappa shape index (κ2) is 19.9. The van der Waals surface area contributed by atoms with Gasteiger partial charge in [0.05, 0.1) is 5.92 Å². The fourth-order valence-corrected chi connectivity index (χ4v) is 3.90. The Kier molecular flexibility index (Phi) is 17.8. The highest BCUT2D eigenvalue weighted by Crippen LogP contribution is 2.12. The van der Waals surface area contributed by atoms with Crippen molar-refractivity contribution in [3.63, 3.8) is 0 Å². The summed E-state index contributed by atoms with van der Waals surface area (Å²) in [6, 6.07) is 9.83. The summed E-state index contributed by atoms with van der Waals surface area (Å²) in [5, 5.41) is 0. The highest BCUT2D eigenvalue weighted by molar-refractivity contribution is 5.71. The maximum absolute atomic E-state index is 12.3.